The fourth-order valence-corrected chi connectivity index (χ4v) is 2.13. The van der Waals surface area contributed by atoms with Gasteiger partial charge in [-0.25, -0.2) is 9.18 Å². The largest absolute Gasteiger partial charge is 0.493 e. The molecule has 2 rings (SSSR count). The Morgan fingerprint density at radius 3 is 2.65 bits per heavy atom. The summed E-state index contributed by atoms with van der Waals surface area (Å²) in [5, 5.41) is 2.53. The van der Waals surface area contributed by atoms with Crippen LogP contribution in [0.3, 0.4) is 0 Å². The molecule has 0 saturated heterocycles. The SMILES string of the molecule is CC(C)COc1cccc(C(=O)OCC(=O)Nc2ccc(Cl)cc2F)c1. The lowest BCUT2D eigenvalue weighted by Gasteiger charge is -2.10. The van der Waals surface area contributed by atoms with Crippen LogP contribution in [0.4, 0.5) is 10.1 Å². The maximum atomic E-state index is 13.6. The first-order valence-corrected chi connectivity index (χ1v) is 8.38. The first kappa shape index (κ1) is 19.7. The first-order chi connectivity index (χ1) is 12.3. The molecular weight excluding hydrogens is 361 g/mol. The van der Waals surface area contributed by atoms with Gasteiger partial charge in [0.1, 0.15) is 11.6 Å². The minimum absolute atomic E-state index is 0.0421. The summed E-state index contributed by atoms with van der Waals surface area (Å²) in [4.78, 5) is 23.9. The molecule has 2 aromatic rings. The van der Waals surface area contributed by atoms with Crippen LogP contribution < -0.4 is 10.1 Å². The molecule has 0 aliphatic carbocycles. The molecule has 0 radical (unpaired) electrons. The number of hydrogen-bond donors (Lipinski definition) is 1. The molecule has 0 bridgehead atoms. The molecule has 0 unspecified atom stereocenters. The fraction of sp³-hybridized carbons (Fsp3) is 0.263. The zero-order valence-electron chi connectivity index (χ0n) is 14.4. The molecule has 5 nitrogen and oxygen atoms in total. The molecule has 0 spiro atoms. The zero-order chi connectivity index (χ0) is 19.1. The summed E-state index contributed by atoms with van der Waals surface area (Å²) in [5.74, 6) is -1.12. The molecule has 138 valence electrons. The van der Waals surface area contributed by atoms with Gasteiger partial charge in [-0.2, -0.15) is 0 Å². The van der Waals surface area contributed by atoms with Crippen molar-refractivity contribution in [1.82, 2.24) is 0 Å². The van der Waals surface area contributed by atoms with Gasteiger partial charge in [-0.1, -0.05) is 31.5 Å². The topological polar surface area (TPSA) is 64.6 Å². The number of rotatable bonds is 7. The molecule has 0 saturated carbocycles. The third-order valence-electron chi connectivity index (χ3n) is 3.19. The quantitative estimate of drug-likeness (QED) is 0.728. The van der Waals surface area contributed by atoms with Crippen molar-refractivity contribution < 1.29 is 23.5 Å². The third-order valence-corrected chi connectivity index (χ3v) is 3.43. The van der Waals surface area contributed by atoms with Crippen LogP contribution in [0.25, 0.3) is 0 Å². The number of carbonyl (C=O) groups is 2. The van der Waals surface area contributed by atoms with Gasteiger partial charge in [0.05, 0.1) is 17.9 Å². The fourth-order valence-electron chi connectivity index (χ4n) is 1.97. The molecular formula is C19H19ClFNO4. The Morgan fingerprint density at radius 1 is 1.19 bits per heavy atom. The summed E-state index contributed by atoms with van der Waals surface area (Å²) < 4.78 is 24.1. The zero-order valence-corrected chi connectivity index (χ0v) is 15.2. The highest BCUT2D eigenvalue weighted by atomic mass is 35.5. The number of hydrogen-bond acceptors (Lipinski definition) is 4. The Balaban J connectivity index is 1.89. The molecule has 0 atom stereocenters. The Labute approximate surface area is 156 Å². The molecule has 26 heavy (non-hydrogen) atoms. The van der Waals surface area contributed by atoms with E-state index < -0.39 is 24.3 Å². The van der Waals surface area contributed by atoms with Gasteiger partial charge < -0.3 is 14.8 Å². The minimum Gasteiger partial charge on any atom is -0.493 e. The number of esters is 1. The van der Waals surface area contributed by atoms with Gasteiger partial charge in [0.15, 0.2) is 6.61 Å². The van der Waals surface area contributed by atoms with Gasteiger partial charge in [-0.05, 0) is 42.3 Å². The Morgan fingerprint density at radius 2 is 1.96 bits per heavy atom. The molecule has 7 heteroatoms. The lowest BCUT2D eigenvalue weighted by atomic mass is 10.2. The van der Waals surface area contributed by atoms with E-state index in [1.54, 1.807) is 24.3 Å². The van der Waals surface area contributed by atoms with Crippen molar-refractivity contribution in [3.8, 4) is 5.75 Å². The van der Waals surface area contributed by atoms with Gasteiger partial charge in [-0.15, -0.1) is 0 Å². The van der Waals surface area contributed by atoms with Crippen LogP contribution in [0, 0.1) is 11.7 Å². The summed E-state index contributed by atoms with van der Waals surface area (Å²) in [5.41, 5.74) is 0.219. The van der Waals surface area contributed by atoms with E-state index in [1.807, 2.05) is 13.8 Å². The highest BCUT2D eigenvalue weighted by Gasteiger charge is 2.13. The molecule has 1 amide bonds. The average Bonchev–Trinajstić information content (AvgIpc) is 2.60. The van der Waals surface area contributed by atoms with Gasteiger partial charge in [0.2, 0.25) is 0 Å². The van der Waals surface area contributed by atoms with E-state index in [9.17, 15) is 14.0 Å². The smallest absolute Gasteiger partial charge is 0.338 e. The molecule has 0 fully saturated rings. The highest BCUT2D eigenvalue weighted by molar-refractivity contribution is 6.30. The Kier molecular flexibility index (Phi) is 6.97. The van der Waals surface area contributed by atoms with E-state index >= 15 is 0 Å². The van der Waals surface area contributed by atoms with Crippen LogP contribution >= 0.6 is 11.6 Å². The van der Waals surface area contributed by atoms with E-state index in [-0.39, 0.29) is 16.3 Å². The summed E-state index contributed by atoms with van der Waals surface area (Å²) in [6, 6.07) is 10.3. The number of ether oxygens (including phenoxy) is 2. The van der Waals surface area contributed by atoms with Crippen molar-refractivity contribution in [2.75, 3.05) is 18.5 Å². The molecule has 2 aromatic carbocycles. The number of nitrogens with one attached hydrogen (secondary N) is 1. The van der Waals surface area contributed by atoms with Crippen molar-refractivity contribution in [2.45, 2.75) is 13.8 Å². The van der Waals surface area contributed by atoms with Gasteiger partial charge in [-0.3, -0.25) is 4.79 Å². The first-order valence-electron chi connectivity index (χ1n) is 8.00. The molecule has 0 heterocycles. The summed E-state index contributed by atoms with van der Waals surface area (Å²) in [6.45, 7) is 4.01. The second kappa shape index (κ2) is 9.20. The summed E-state index contributed by atoms with van der Waals surface area (Å²) in [7, 11) is 0. The summed E-state index contributed by atoms with van der Waals surface area (Å²) >= 11 is 5.64. The van der Waals surface area contributed by atoms with Crippen LogP contribution in [0.2, 0.25) is 5.02 Å². The number of anilines is 1. The molecule has 0 aliphatic rings. The number of carbonyl (C=O) groups excluding carboxylic acids is 2. The maximum Gasteiger partial charge on any atom is 0.338 e. The van der Waals surface area contributed by atoms with Gasteiger partial charge >= 0.3 is 5.97 Å². The van der Waals surface area contributed by atoms with E-state index in [4.69, 9.17) is 21.1 Å². The Hall–Kier alpha value is -2.60. The van der Waals surface area contributed by atoms with Crippen LogP contribution in [0.5, 0.6) is 5.75 Å². The minimum atomic E-state index is -0.674. The lowest BCUT2D eigenvalue weighted by Crippen LogP contribution is -2.21. The predicted octanol–water partition coefficient (Wildman–Crippen LogP) is 4.31. The number of benzene rings is 2. The number of halogens is 2. The molecule has 0 aliphatic heterocycles. The van der Waals surface area contributed by atoms with Gasteiger partial charge in [0.25, 0.3) is 5.91 Å². The van der Waals surface area contributed by atoms with Crippen molar-refractivity contribution in [3.63, 3.8) is 0 Å². The van der Waals surface area contributed by atoms with Gasteiger partial charge in [0, 0.05) is 5.02 Å². The van der Waals surface area contributed by atoms with Crippen molar-refractivity contribution in [3.05, 3.63) is 58.9 Å². The van der Waals surface area contributed by atoms with E-state index in [2.05, 4.69) is 5.32 Å². The van der Waals surface area contributed by atoms with Crippen LogP contribution in [0.1, 0.15) is 24.2 Å². The van der Waals surface area contributed by atoms with E-state index in [0.29, 0.717) is 18.3 Å². The second-order valence-electron chi connectivity index (χ2n) is 5.98. The van der Waals surface area contributed by atoms with E-state index in [1.165, 1.54) is 12.1 Å². The van der Waals surface area contributed by atoms with Crippen molar-refractivity contribution in [1.29, 1.82) is 0 Å². The average molecular weight is 380 g/mol. The predicted molar refractivity (Wildman–Crippen MR) is 97.1 cm³/mol. The monoisotopic (exact) mass is 379 g/mol. The highest BCUT2D eigenvalue weighted by Crippen LogP contribution is 2.19. The van der Waals surface area contributed by atoms with Crippen LogP contribution in [0.15, 0.2) is 42.5 Å². The Bertz CT molecular complexity index is 795. The second-order valence-corrected chi connectivity index (χ2v) is 6.42. The molecule has 0 aromatic heterocycles. The normalized spacial score (nSPS) is 10.5. The maximum absolute atomic E-state index is 13.6. The molecule has 1 N–H and O–H groups in total. The van der Waals surface area contributed by atoms with Crippen LogP contribution in [-0.2, 0) is 9.53 Å². The van der Waals surface area contributed by atoms with Crippen molar-refractivity contribution in [2.24, 2.45) is 5.92 Å². The number of amides is 1. The van der Waals surface area contributed by atoms with E-state index in [0.717, 1.165) is 6.07 Å². The van der Waals surface area contributed by atoms with Crippen molar-refractivity contribution >= 4 is 29.2 Å². The standard InChI is InChI=1S/C19H19ClFNO4/c1-12(2)10-25-15-5-3-4-13(8-15)19(24)26-11-18(23)22-17-7-6-14(20)9-16(17)21/h3-9,12H,10-11H2,1-2H3,(H,22,23). The third kappa shape index (κ3) is 6.04. The lowest BCUT2D eigenvalue weighted by molar-refractivity contribution is -0.119. The summed E-state index contributed by atoms with van der Waals surface area (Å²) in [6.07, 6.45) is 0. The van der Waals surface area contributed by atoms with Crippen LogP contribution in [-0.4, -0.2) is 25.1 Å².